The smallest absolute Gasteiger partial charge is 0.0575 e. The zero-order valence-electron chi connectivity index (χ0n) is 13.7. The van der Waals surface area contributed by atoms with E-state index in [4.69, 9.17) is 0 Å². The zero-order valence-corrected chi connectivity index (χ0v) is 14.7. The van der Waals surface area contributed by atoms with Crippen LogP contribution in [0, 0.1) is 5.92 Å². The average molecular weight is 294 g/mol. The van der Waals surface area contributed by atoms with Gasteiger partial charge < -0.3 is 4.90 Å². The van der Waals surface area contributed by atoms with Crippen LogP contribution in [0.15, 0.2) is 12.7 Å². The molecule has 2 aliphatic rings. The summed E-state index contributed by atoms with van der Waals surface area (Å²) in [7, 11) is -0.959. The van der Waals surface area contributed by atoms with Crippen LogP contribution in [0.5, 0.6) is 0 Å². The monoisotopic (exact) mass is 293 g/mol. The fourth-order valence-corrected chi connectivity index (χ4v) is 10.1. The van der Waals surface area contributed by atoms with Gasteiger partial charge in [0.1, 0.15) is 0 Å². The Hall–Kier alpha value is -0.0831. The van der Waals surface area contributed by atoms with Crippen LogP contribution in [-0.2, 0) is 0 Å². The summed E-state index contributed by atoms with van der Waals surface area (Å²) in [6.07, 6.45) is 12.5. The molecule has 0 N–H and O–H groups in total. The second kappa shape index (κ2) is 8.38. The molecule has 0 radical (unpaired) electrons. The predicted octanol–water partition coefficient (Wildman–Crippen LogP) is 5.32. The van der Waals surface area contributed by atoms with Crippen molar-refractivity contribution in [3.8, 4) is 0 Å². The van der Waals surface area contributed by atoms with E-state index in [1.165, 1.54) is 70.6 Å². The normalized spacial score (nSPS) is 24.6. The Kier molecular flexibility index (Phi) is 6.83. The summed E-state index contributed by atoms with van der Waals surface area (Å²) in [5.41, 5.74) is 0. The Labute approximate surface area is 127 Å². The number of hydrogen-bond donors (Lipinski definition) is 0. The molecular formula is C18H35NSi. The molecule has 0 aliphatic carbocycles. The SMILES string of the molecule is C=CC[Si]1(CC(C)CCCN2CCCC2)CCCCC1. The van der Waals surface area contributed by atoms with Gasteiger partial charge in [-0.1, -0.05) is 50.4 Å². The van der Waals surface area contributed by atoms with Crippen molar-refractivity contribution in [2.45, 2.75) is 76.0 Å². The van der Waals surface area contributed by atoms with Gasteiger partial charge in [-0.05, 0) is 57.3 Å². The first-order valence-electron chi connectivity index (χ1n) is 9.07. The Morgan fingerprint density at radius 3 is 2.45 bits per heavy atom. The Morgan fingerprint density at radius 1 is 1.10 bits per heavy atom. The van der Waals surface area contributed by atoms with Gasteiger partial charge >= 0.3 is 0 Å². The van der Waals surface area contributed by atoms with Gasteiger partial charge in [-0.3, -0.25) is 0 Å². The molecule has 1 atom stereocenters. The van der Waals surface area contributed by atoms with E-state index in [1.54, 1.807) is 18.1 Å². The largest absolute Gasteiger partial charge is 0.303 e. The van der Waals surface area contributed by atoms with Crippen LogP contribution in [0.1, 0.15) is 51.9 Å². The van der Waals surface area contributed by atoms with Crippen LogP contribution in [-0.4, -0.2) is 32.6 Å². The fourth-order valence-electron chi connectivity index (χ4n) is 4.61. The minimum absolute atomic E-state index is 0.959. The van der Waals surface area contributed by atoms with E-state index < -0.39 is 8.07 Å². The van der Waals surface area contributed by atoms with Crippen molar-refractivity contribution in [3.05, 3.63) is 12.7 Å². The van der Waals surface area contributed by atoms with E-state index in [9.17, 15) is 0 Å². The highest BCUT2D eigenvalue weighted by atomic mass is 28.3. The summed E-state index contributed by atoms with van der Waals surface area (Å²) in [5.74, 6) is 0.960. The van der Waals surface area contributed by atoms with E-state index in [0.29, 0.717) is 0 Å². The minimum Gasteiger partial charge on any atom is -0.303 e. The Balaban J connectivity index is 1.70. The number of likely N-dealkylation sites (tertiary alicyclic amines) is 1. The van der Waals surface area contributed by atoms with Gasteiger partial charge in [-0.25, -0.2) is 0 Å². The minimum atomic E-state index is -0.959. The molecule has 20 heavy (non-hydrogen) atoms. The quantitative estimate of drug-likeness (QED) is 0.432. The molecule has 2 heteroatoms. The van der Waals surface area contributed by atoms with Gasteiger partial charge in [0.15, 0.2) is 0 Å². The Morgan fingerprint density at radius 2 is 1.80 bits per heavy atom. The van der Waals surface area contributed by atoms with Gasteiger partial charge in [0.25, 0.3) is 0 Å². The van der Waals surface area contributed by atoms with E-state index in [1.807, 2.05) is 0 Å². The topological polar surface area (TPSA) is 3.24 Å². The maximum atomic E-state index is 4.05. The van der Waals surface area contributed by atoms with Crippen molar-refractivity contribution in [3.63, 3.8) is 0 Å². The predicted molar refractivity (Wildman–Crippen MR) is 93.1 cm³/mol. The average Bonchev–Trinajstić information content (AvgIpc) is 2.93. The van der Waals surface area contributed by atoms with Crippen molar-refractivity contribution in [2.24, 2.45) is 5.92 Å². The highest BCUT2D eigenvalue weighted by Gasteiger charge is 2.34. The number of nitrogens with zero attached hydrogens (tertiary/aromatic N) is 1. The molecule has 1 unspecified atom stereocenters. The zero-order chi connectivity index (χ0) is 14.3. The van der Waals surface area contributed by atoms with Gasteiger partial charge in [-0.15, -0.1) is 6.58 Å². The summed E-state index contributed by atoms with van der Waals surface area (Å²) >= 11 is 0. The van der Waals surface area contributed by atoms with Crippen LogP contribution in [0.2, 0.25) is 24.2 Å². The molecule has 2 heterocycles. The molecule has 1 nitrogen and oxygen atoms in total. The molecule has 0 aromatic carbocycles. The third-order valence-corrected chi connectivity index (χ3v) is 11.2. The van der Waals surface area contributed by atoms with Crippen LogP contribution < -0.4 is 0 Å². The van der Waals surface area contributed by atoms with Crippen LogP contribution in [0.3, 0.4) is 0 Å². The van der Waals surface area contributed by atoms with E-state index >= 15 is 0 Å². The maximum absolute atomic E-state index is 4.05. The summed E-state index contributed by atoms with van der Waals surface area (Å²) in [5, 5.41) is 0. The van der Waals surface area contributed by atoms with Crippen LogP contribution >= 0.6 is 0 Å². The second-order valence-electron chi connectivity index (χ2n) is 7.55. The lowest BCUT2D eigenvalue weighted by Crippen LogP contribution is -2.37. The standard InChI is InChI=1S/C18H35NSi/c1-3-14-20(15-7-4-8-16-20)17-18(2)10-9-13-19-11-5-6-12-19/h3,18H,1,4-17H2,2H3. The molecule has 116 valence electrons. The Bertz CT molecular complexity index is 277. The van der Waals surface area contributed by atoms with Crippen LogP contribution in [0.4, 0.5) is 0 Å². The fraction of sp³-hybridized carbons (Fsp3) is 0.889. The number of hydrogen-bond acceptors (Lipinski definition) is 1. The first kappa shape index (κ1) is 16.3. The van der Waals surface area contributed by atoms with E-state index in [0.717, 1.165) is 5.92 Å². The molecule has 0 spiro atoms. The summed E-state index contributed by atoms with van der Waals surface area (Å²) in [4.78, 5) is 2.67. The highest BCUT2D eigenvalue weighted by Crippen LogP contribution is 2.38. The molecule has 0 saturated carbocycles. The number of allylic oxidation sites excluding steroid dienone is 1. The molecule has 2 saturated heterocycles. The molecule has 0 aromatic rings. The van der Waals surface area contributed by atoms with Gasteiger partial charge in [0.2, 0.25) is 0 Å². The first-order chi connectivity index (χ1) is 9.74. The lowest BCUT2D eigenvalue weighted by molar-refractivity contribution is 0.320. The van der Waals surface area contributed by atoms with Crippen molar-refractivity contribution in [1.82, 2.24) is 4.90 Å². The van der Waals surface area contributed by atoms with E-state index in [2.05, 4.69) is 24.5 Å². The number of rotatable bonds is 8. The van der Waals surface area contributed by atoms with Crippen molar-refractivity contribution >= 4 is 8.07 Å². The van der Waals surface area contributed by atoms with Crippen molar-refractivity contribution in [2.75, 3.05) is 19.6 Å². The molecular weight excluding hydrogens is 258 g/mol. The lowest BCUT2D eigenvalue weighted by atomic mass is 10.1. The summed E-state index contributed by atoms with van der Waals surface area (Å²) in [6, 6.07) is 6.16. The third kappa shape index (κ3) is 5.03. The van der Waals surface area contributed by atoms with Gasteiger partial charge in [-0.2, -0.15) is 0 Å². The van der Waals surface area contributed by atoms with Gasteiger partial charge in [0.05, 0.1) is 8.07 Å². The van der Waals surface area contributed by atoms with Crippen LogP contribution in [0.25, 0.3) is 0 Å². The third-order valence-electron chi connectivity index (χ3n) is 5.64. The van der Waals surface area contributed by atoms with Crippen molar-refractivity contribution in [1.29, 1.82) is 0 Å². The molecule has 0 aromatic heterocycles. The maximum Gasteiger partial charge on any atom is 0.0575 e. The van der Waals surface area contributed by atoms with Gasteiger partial charge in [0, 0.05) is 0 Å². The summed E-state index contributed by atoms with van der Waals surface area (Å²) in [6.45, 7) is 10.7. The second-order valence-corrected chi connectivity index (χ2v) is 12.4. The summed E-state index contributed by atoms with van der Waals surface area (Å²) < 4.78 is 0. The first-order valence-corrected chi connectivity index (χ1v) is 11.9. The van der Waals surface area contributed by atoms with Crippen molar-refractivity contribution < 1.29 is 0 Å². The lowest BCUT2D eigenvalue weighted by Gasteiger charge is -2.37. The molecule has 2 rings (SSSR count). The molecule has 2 fully saturated rings. The molecule has 0 bridgehead atoms. The van der Waals surface area contributed by atoms with E-state index in [-0.39, 0.29) is 0 Å². The molecule has 2 aliphatic heterocycles. The highest BCUT2D eigenvalue weighted by molar-refractivity contribution is 6.80. The molecule has 0 amide bonds.